The third kappa shape index (κ3) is 4.15. The third-order valence-electron chi connectivity index (χ3n) is 3.82. The van der Waals surface area contributed by atoms with Gasteiger partial charge in [0.05, 0.1) is 0 Å². The fourth-order valence-electron chi connectivity index (χ4n) is 3.10. The Labute approximate surface area is 125 Å². The molecule has 2 heteroatoms. The SMILES string of the molecule is CC(C)CC1CCCC(Nc2ccccc2I)C1. The predicted molar refractivity (Wildman–Crippen MR) is 88.0 cm³/mol. The Hall–Kier alpha value is -0.250. The van der Waals surface area contributed by atoms with Crippen molar-refractivity contribution in [3.63, 3.8) is 0 Å². The summed E-state index contributed by atoms with van der Waals surface area (Å²) >= 11 is 2.42. The zero-order valence-electron chi connectivity index (χ0n) is 11.5. The van der Waals surface area contributed by atoms with Gasteiger partial charge in [0.2, 0.25) is 0 Å². The summed E-state index contributed by atoms with van der Waals surface area (Å²) in [6.45, 7) is 4.69. The molecule has 1 saturated carbocycles. The summed E-state index contributed by atoms with van der Waals surface area (Å²) in [5, 5.41) is 3.74. The van der Waals surface area contributed by atoms with Crippen molar-refractivity contribution in [2.24, 2.45) is 11.8 Å². The molecule has 0 bridgehead atoms. The highest BCUT2D eigenvalue weighted by Gasteiger charge is 2.22. The quantitative estimate of drug-likeness (QED) is 0.721. The standard InChI is InChI=1S/C16H24IN/c1-12(2)10-13-6-5-7-14(11-13)18-16-9-4-3-8-15(16)17/h3-4,8-9,12-14,18H,5-7,10-11H2,1-2H3. The average molecular weight is 357 g/mol. The largest absolute Gasteiger partial charge is 0.381 e. The van der Waals surface area contributed by atoms with Crippen LogP contribution in [0.4, 0.5) is 5.69 Å². The highest BCUT2D eigenvalue weighted by atomic mass is 127. The average Bonchev–Trinajstić information content (AvgIpc) is 2.32. The van der Waals surface area contributed by atoms with Gasteiger partial charge in [-0.2, -0.15) is 0 Å². The summed E-state index contributed by atoms with van der Waals surface area (Å²) in [6, 6.07) is 9.29. The molecule has 2 atom stereocenters. The van der Waals surface area contributed by atoms with Crippen molar-refractivity contribution in [2.75, 3.05) is 5.32 Å². The summed E-state index contributed by atoms with van der Waals surface area (Å²) in [7, 11) is 0. The Morgan fingerprint density at radius 2 is 2.06 bits per heavy atom. The molecular formula is C16H24IN. The first-order chi connectivity index (χ1) is 8.65. The van der Waals surface area contributed by atoms with E-state index in [0.29, 0.717) is 6.04 Å². The van der Waals surface area contributed by atoms with Gasteiger partial charge in [-0.15, -0.1) is 0 Å². The van der Waals surface area contributed by atoms with Crippen LogP contribution >= 0.6 is 22.6 Å². The van der Waals surface area contributed by atoms with Gasteiger partial charge in [0.1, 0.15) is 0 Å². The van der Waals surface area contributed by atoms with E-state index in [1.165, 1.54) is 41.4 Å². The predicted octanol–water partition coefficient (Wildman–Crippen LogP) is 5.31. The van der Waals surface area contributed by atoms with E-state index in [-0.39, 0.29) is 0 Å². The molecule has 1 aromatic carbocycles. The Kier molecular flexibility index (Phi) is 5.34. The topological polar surface area (TPSA) is 12.0 Å². The molecule has 1 aliphatic rings. The summed E-state index contributed by atoms with van der Waals surface area (Å²) in [6.07, 6.45) is 6.90. The Morgan fingerprint density at radius 3 is 2.78 bits per heavy atom. The molecular weight excluding hydrogens is 333 g/mol. The molecule has 1 nitrogen and oxygen atoms in total. The number of halogens is 1. The van der Waals surface area contributed by atoms with Gasteiger partial charge < -0.3 is 5.32 Å². The third-order valence-corrected chi connectivity index (χ3v) is 4.76. The van der Waals surface area contributed by atoms with Crippen LogP contribution in [-0.4, -0.2) is 6.04 Å². The minimum Gasteiger partial charge on any atom is -0.381 e. The van der Waals surface area contributed by atoms with Crippen LogP contribution in [0, 0.1) is 15.4 Å². The molecule has 0 saturated heterocycles. The zero-order chi connectivity index (χ0) is 13.0. The number of benzene rings is 1. The van der Waals surface area contributed by atoms with Crippen LogP contribution in [-0.2, 0) is 0 Å². The highest BCUT2D eigenvalue weighted by molar-refractivity contribution is 14.1. The minimum atomic E-state index is 0.679. The summed E-state index contributed by atoms with van der Waals surface area (Å²) < 4.78 is 1.33. The maximum Gasteiger partial charge on any atom is 0.0478 e. The Bertz CT molecular complexity index is 375. The van der Waals surface area contributed by atoms with Gasteiger partial charge in [-0.1, -0.05) is 38.8 Å². The fourth-order valence-corrected chi connectivity index (χ4v) is 3.64. The van der Waals surface area contributed by atoms with Crippen LogP contribution in [0.3, 0.4) is 0 Å². The van der Waals surface area contributed by atoms with Gasteiger partial charge in [-0.3, -0.25) is 0 Å². The molecule has 100 valence electrons. The minimum absolute atomic E-state index is 0.679. The summed E-state index contributed by atoms with van der Waals surface area (Å²) in [4.78, 5) is 0. The maximum absolute atomic E-state index is 3.74. The van der Waals surface area contributed by atoms with Gasteiger partial charge in [0, 0.05) is 15.3 Å². The van der Waals surface area contributed by atoms with Crippen LogP contribution in [0.15, 0.2) is 24.3 Å². The molecule has 2 unspecified atom stereocenters. The highest BCUT2D eigenvalue weighted by Crippen LogP contribution is 2.31. The second-order valence-corrected chi connectivity index (χ2v) is 7.15. The van der Waals surface area contributed by atoms with Crippen LogP contribution in [0.25, 0.3) is 0 Å². The molecule has 0 aromatic heterocycles. The molecule has 1 N–H and O–H groups in total. The summed E-state index contributed by atoms with van der Waals surface area (Å²) in [5.41, 5.74) is 1.31. The van der Waals surface area contributed by atoms with Crippen molar-refractivity contribution in [1.82, 2.24) is 0 Å². The lowest BCUT2D eigenvalue weighted by Crippen LogP contribution is -2.28. The molecule has 0 amide bonds. The first-order valence-corrected chi connectivity index (χ1v) is 8.24. The van der Waals surface area contributed by atoms with Gasteiger partial charge in [0.25, 0.3) is 0 Å². The molecule has 2 rings (SSSR count). The summed E-state index contributed by atoms with van der Waals surface area (Å²) in [5.74, 6) is 1.77. The molecule has 0 radical (unpaired) electrons. The second-order valence-electron chi connectivity index (χ2n) is 5.98. The lowest BCUT2D eigenvalue weighted by Gasteiger charge is -2.31. The normalized spacial score (nSPS) is 24.2. The lowest BCUT2D eigenvalue weighted by molar-refractivity contribution is 0.289. The number of anilines is 1. The van der Waals surface area contributed by atoms with Crippen LogP contribution in [0.1, 0.15) is 46.0 Å². The number of hydrogen-bond acceptors (Lipinski definition) is 1. The van der Waals surface area contributed by atoms with E-state index in [4.69, 9.17) is 0 Å². The number of rotatable bonds is 4. The first-order valence-electron chi connectivity index (χ1n) is 7.16. The van der Waals surface area contributed by atoms with Crippen LogP contribution in [0.2, 0.25) is 0 Å². The molecule has 0 heterocycles. The maximum atomic E-state index is 3.74. The van der Waals surface area contributed by atoms with Crippen molar-refractivity contribution in [3.05, 3.63) is 27.8 Å². The van der Waals surface area contributed by atoms with E-state index in [0.717, 1.165) is 11.8 Å². The van der Waals surface area contributed by atoms with Crippen molar-refractivity contribution in [3.8, 4) is 0 Å². The molecule has 0 aliphatic heterocycles. The van der Waals surface area contributed by atoms with Crippen molar-refractivity contribution in [1.29, 1.82) is 0 Å². The molecule has 1 aromatic rings. The van der Waals surface area contributed by atoms with E-state index in [1.807, 2.05) is 0 Å². The Morgan fingerprint density at radius 1 is 1.28 bits per heavy atom. The van der Waals surface area contributed by atoms with Crippen molar-refractivity contribution < 1.29 is 0 Å². The van der Waals surface area contributed by atoms with Gasteiger partial charge in [0.15, 0.2) is 0 Å². The monoisotopic (exact) mass is 357 g/mol. The van der Waals surface area contributed by atoms with Gasteiger partial charge in [-0.25, -0.2) is 0 Å². The van der Waals surface area contributed by atoms with Crippen molar-refractivity contribution in [2.45, 2.75) is 52.0 Å². The first kappa shape index (κ1) is 14.2. The van der Waals surface area contributed by atoms with E-state index >= 15 is 0 Å². The van der Waals surface area contributed by atoms with Crippen LogP contribution in [0.5, 0.6) is 0 Å². The lowest BCUT2D eigenvalue weighted by atomic mass is 9.81. The van der Waals surface area contributed by atoms with E-state index in [1.54, 1.807) is 0 Å². The number of nitrogens with one attached hydrogen (secondary N) is 1. The fraction of sp³-hybridized carbons (Fsp3) is 0.625. The number of para-hydroxylation sites is 1. The second kappa shape index (κ2) is 6.78. The van der Waals surface area contributed by atoms with Crippen molar-refractivity contribution >= 4 is 28.3 Å². The van der Waals surface area contributed by atoms with Gasteiger partial charge >= 0.3 is 0 Å². The van der Waals surface area contributed by atoms with E-state index in [2.05, 4.69) is 66.0 Å². The molecule has 1 aliphatic carbocycles. The molecule has 0 spiro atoms. The smallest absolute Gasteiger partial charge is 0.0478 e. The van der Waals surface area contributed by atoms with Gasteiger partial charge in [-0.05, 0) is 65.8 Å². The van der Waals surface area contributed by atoms with E-state index in [9.17, 15) is 0 Å². The molecule has 1 fully saturated rings. The van der Waals surface area contributed by atoms with E-state index < -0.39 is 0 Å². The Balaban J connectivity index is 1.91. The van der Waals surface area contributed by atoms with Crippen LogP contribution < -0.4 is 5.32 Å². The molecule has 18 heavy (non-hydrogen) atoms. The zero-order valence-corrected chi connectivity index (χ0v) is 13.6. The number of hydrogen-bond donors (Lipinski definition) is 1.